The molecule has 35 heavy (non-hydrogen) atoms. The van der Waals surface area contributed by atoms with E-state index in [9.17, 15) is 24.9 Å². The molecule has 4 N–H and O–H groups in total. The first-order valence-corrected chi connectivity index (χ1v) is 13.4. The minimum absolute atomic E-state index is 0.00605. The molecule has 1 saturated heterocycles. The van der Waals surface area contributed by atoms with Crippen LogP contribution < -0.4 is 5.32 Å². The number of aliphatic hydroxyl groups excluding tert-OH is 3. The van der Waals surface area contributed by atoms with Crippen molar-refractivity contribution in [1.82, 2.24) is 5.32 Å². The van der Waals surface area contributed by atoms with Gasteiger partial charge in [0.25, 0.3) is 5.91 Å². The van der Waals surface area contributed by atoms with Crippen LogP contribution in [0.2, 0.25) is 0 Å². The topological polar surface area (TPSA) is 107 Å². The van der Waals surface area contributed by atoms with Gasteiger partial charge in [-0.05, 0) is 62.7 Å². The Bertz CT molecular complexity index is 1040. The number of hydrogen-bond donors (Lipinski definition) is 4. The molecule has 0 aromatic heterocycles. The van der Waals surface area contributed by atoms with Crippen molar-refractivity contribution in [3.63, 3.8) is 0 Å². The van der Waals surface area contributed by atoms with Crippen LogP contribution in [0.15, 0.2) is 35.1 Å². The first-order chi connectivity index (χ1) is 16.4. The number of hydrogen-bond acceptors (Lipinski definition) is 5. The lowest BCUT2D eigenvalue weighted by molar-refractivity contribution is -0.137. The second kappa shape index (κ2) is 8.04. The zero-order chi connectivity index (χ0) is 25.5. The molecule has 1 heterocycles. The molecule has 192 valence electrons. The zero-order valence-corrected chi connectivity index (χ0v) is 21.7. The fourth-order valence-electron chi connectivity index (χ4n) is 8.36. The molecule has 2 saturated carbocycles. The number of aliphatic hydroxyl groups is 3. The number of amides is 1. The molecule has 6 heteroatoms. The highest BCUT2D eigenvalue weighted by molar-refractivity contribution is 6.29. The summed E-state index contributed by atoms with van der Waals surface area (Å²) < 4.78 is 0. The molecular weight excluding hydrogens is 442 g/mol. The number of carbonyl (C=O) groups is 2. The van der Waals surface area contributed by atoms with Crippen molar-refractivity contribution in [2.75, 3.05) is 0 Å². The molecule has 4 aliphatic carbocycles. The number of allylic oxidation sites excluding steroid dienone is 3. The Hall–Kier alpha value is -1.92. The fourth-order valence-corrected chi connectivity index (χ4v) is 8.36. The molecule has 0 radical (unpaired) electrons. The van der Waals surface area contributed by atoms with Crippen LogP contribution >= 0.6 is 0 Å². The van der Waals surface area contributed by atoms with Gasteiger partial charge in [0, 0.05) is 16.7 Å². The van der Waals surface area contributed by atoms with Crippen molar-refractivity contribution >= 4 is 11.7 Å². The average Bonchev–Trinajstić information content (AvgIpc) is 3.06. The molecule has 0 unspecified atom stereocenters. The summed E-state index contributed by atoms with van der Waals surface area (Å²) in [5.41, 5.74) is -1.56. The summed E-state index contributed by atoms with van der Waals surface area (Å²) in [6.45, 7) is 10.2. The Balaban J connectivity index is 1.72. The van der Waals surface area contributed by atoms with Gasteiger partial charge in [0.2, 0.25) is 0 Å². The number of ketones is 1. The summed E-state index contributed by atoms with van der Waals surface area (Å²) in [5.74, 6) is -1.29. The standard InChI is InChI=1S/C29H41NO5/c1-15-11-16(2)22(32)12-18-9-10-19-20(7-6-8-21(19)31)28(18,5)24(33)23-25(34)29(30-26(23)35)14-17(3)27(29,4)13-15/h9-10,13,16-22,31-33H,6-8,11-12,14H2,1-5H3,(H,30,35)/b15-13+,24-23+/t16-,17-,18-,19-,20+,21-,22+,27+,28+,29+/m0/s1. The Kier molecular flexibility index (Phi) is 5.69. The van der Waals surface area contributed by atoms with Gasteiger partial charge in [-0.25, -0.2) is 0 Å². The van der Waals surface area contributed by atoms with Gasteiger partial charge < -0.3 is 20.6 Å². The van der Waals surface area contributed by atoms with Crippen molar-refractivity contribution in [1.29, 1.82) is 0 Å². The van der Waals surface area contributed by atoms with Crippen LogP contribution in [0, 0.1) is 40.4 Å². The molecule has 2 bridgehead atoms. The molecule has 1 spiro atoms. The third kappa shape index (κ3) is 3.21. The van der Waals surface area contributed by atoms with Crippen molar-refractivity contribution in [2.45, 2.75) is 90.9 Å². The van der Waals surface area contributed by atoms with E-state index < -0.39 is 34.5 Å². The van der Waals surface area contributed by atoms with Crippen LogP contribution in [-0.2, 0) is 9.59 Å². The van der Waals surface area contributed by atoms with Crippen LogP contribution in [0.4, 0.5) is 0 Å². The average molecular weight is 484 g/mol. The number of nitrogens with one attached hydrogen (secondary N) is 1. The third-order valence-corrected chi connectivity index (χ3v) is 10.8. The molecule has 6 nitrogen and oxygen atoms in total. The highest BCUT2D eigenvalue weighted by Gasteiger charge is 2.70. The van der Waals surface area contributed by atoms with Crippen LogP contribution in [0.3, 0.4) is 0 Å². The van der Waals surface area contributed by atoms with Gasteiger partial charge in [-0.1, -0.05) is 57.9 Å². The number of fused-ring (bicyclic) bond motifs is 4. The second-order valence-electron chi connectivity index (χ2n) is 12.7. The summed E-state index contributed by atoms with van der Waals surface area (Å²) in [6.07, 6.45) is 9.04. The highest BCUT2D eigenvalue weighted by atomic mass is 16.3. The molecule has 1 amide bonds. The van der Waals surface area contributed by atoms with Crippen molar-refractivity contribution in [3.05, 3.63) is 35.1 Å². The molecular formula is C29H41NO5. The Morgan fingerprint density at radius 1 is 1.06 bits per heavy atom. The van der Waals surface area contributed by atoms with E-state index in [-0.39, 0.29) is 46.7 Å². The summed E-state index contributed by atoms with van der Waals surface area (Å²) in [4.78, 5) is 27.5. The Labute approximate surface area is 208 Å². The molecule has 0 aromatic carbocycles. The highest BCUT2D eigenvalue weighted by Crippen LogP contribution is 2.61. The van der Waals surface area contributed by atoms with E-state index in [2.05, 4.69) is 25.2 Å². The minimum Gasteiger partial charge on any atom is -0.511 e. The lowest BCUT2D eigenvalue weighted by atomic mass is 9.47. The van der Waals surface area contributed by atoms with E-state index in [1.807, 2.05) is 32.9 Å². The largest absolute Gasteiger partial charge is 0.511 e. The first kappa shape index (κ1) is 24.8. The lowest BCUT2D eigenvalue weighted by Gasteiger charge is -2.58. The maximum atomic E-state index is 14.1. The molecule has 1 aliphatic heterocycles. The van der Waals surface area contributed by atoms with Gasteiger partial charge in [-0.2, -0.15) is 0 Å². The molecule has 5 aliphatic rings. The lowest BCUT2D eigenvalue weighted by Crippen LogP contribution is -2.69. The molecule has 0 aromatic rings. The van der Waals surface area contributed by atoms with Gasteiger partial charge in [-0.3, -0.25) is 9.59 Å². The zero-order valence-electron chi connectivity index (χ0n) is 21.7. The van der Waals surface area contributed by atoms with E-state index in [0.717, 1.165) is 18.4 Å². The van der Waals surface area contributed by atoms with E-state index in [0.29, 0.717) is 25.7 Å². The summed E-state index contributed by atoms with van der Waals surface area (Å²) in [5, 5.41) is 37.0. The van der Waals surface area contributed by atoms with Crippen LogP contribution in [0.5, 0.6) is 0 Å². The number of rotatable bonds is 0. The van der Waals surface area contributed by atoms with E-state index >= 15 is 0 Å². The predicted octanol–water partition coefficient (Wildman–Crippen LogP) is 3.99. The minimum atomic E-state index is -1.05. The number of Topliss-reactive ketones (excluding diaryl/α,β-unsaturated/α-hetero) is 1. The van der Waals surface area contributed by atoms with Gasteiger partial charge in [0.1, 0.15) is 16.9 Å². The van der Waals surface area contributed by atoms with Crippen LogP contribution in [0.1, 0.15) is 73.1 Å². The van der Waals surface area contributed by atoms with Crippen molar-refractivity contribution in [3.8, 4) is 0 Å². The Morgan fingerprint density at radius 2 is 1.77 bits per heavy atom. The normalized spacial score (nSPS) is 53.5. The van der Waals surface area contributed by atoms with Gasteiger partial charge in [0.15, 0.2) is 5.78 Å². The summed E-state index contributed by atoms with van der Waals surface area (Å²) in [6, 6.07) is 0. The SMILES string of the molecule is C/C1=C\[C@]2(C)[C@@H](C)C[C@]23NC(=O)/C(=C(/O)[C@@]2(C)[C@@H]4CCC[C@H](O)[C@H]4C=C[C@H]2C[C@@H](O)[C@@H](C)C1)C3=O. The van der Waals surface area contributed by atoms with Gasteiger partial charge >= 0.3 is 0 Å². The van der Waals surface area contributed by atoms with E-state index in [4.69, 9.17) is 0 Å². The van der Waals surface area contributed by atoms with Crippen molar-refractivity contribution < 1.29 is 24.9 Å². The monoisotopic (exact) mass is 483 g/mol. The van der Waals surface area contributed by atoms with E-state index in [1.54, 1.807) is 0 Å². The summed E-state index contributed by atoms with van der Waals surface area (Å²) >= 11 is 0. The molecule has 10 atom stereocenters. The molecule has 5 rings (SSSR count). The van der Waals surface area contributed by atoms with Crippen LogP contribution in [-0.4, -0.2) is 44.8 Å². The van der Waals surface area contributed by atoms with Gasteiger partial charge in [0.05, 0.1) is 12.2 Å². The smallest absolute Gasteiger partial charge is 0.259 e. The molecule has 3 fully saturated rings. The van der Waals surface area contributed by atoms with Gasteiger partial charge in [-0.15, -0.1) is 0 Å². The fraction of sp³-hybridized carbons (Fsp3) is 0.724. The maximum Gasteiger partial charge on any atom is 0.259 e. The summed E-state index contributed by atoms with van der Waals surface area (Å²) in [7, 11) is 0. The van der Waals surface area contributed by atoms with E-state index in [1.165, 1.54) is 0 Å². The predicted molar refractivity (Wildman–Crippen MR) is 133 cm³/mol. The van der Waals surface area contributed by atoms with Crippen molar-refractivity contribution in [2.24, 2.45) is 40.4 Å². The maximum absolute atomic E-state index is 14.1. The quantitative estimate of drug-likeness (QED) is 0.308. The second-order valence-corrected chi connectivity index (χ2v) is 12.7. The first-order valence-electron chi connectivity index (χ1n) is 13.4. The Morgan fingerprint density at radius 3 is 2.46 bits per heavy atom. The van der Waals surface area contributed by atoms with Crippen LogP contribution in [0.25, 0.3) is 0 Å². The number of carbonyl (C=O) groups excluding carboxylic acids is 2. The third-order valence-electron chi connectivity index (χ3n) is 10.8.